The molecule has 0 radical (unpaired) electrons. The van der Waals surface area contributed by atoms with Gasteiger partial charge in [-0.05, 0) is 38.9 Å². The second-order valence-electron chi connectivity index (χ2n) is 5.26. The summed E-state index contributed by atoms with van der Waals surface area (Å²) in [7, 11) is 2.11. The standard InChI is InChI=1S/C15H24N2O/c1-13-5-6-15(14(11-13)12-18)16(2)9-10-17-7-3-4-8-17/h5-6,11,18H,3-4,7-10,12H2,1-2H3. The van der Waals surface area contributed by atoms with Crippen molar-refractivity contribution in [2.45, 2.75) is 26.4 Å². The Hall–Kier alpha value is -1.06. The third-order valence-electron chi connectivity index (χ3n) is 3.77. The Bertz CT molecular complexity index is 386. The number of aliphatic hydroxyl groups is 1. The molecule has 100 valence electrons. The third kappa shape index (κ3) is 3.24. The fourth-order valence-electron chi connectivity index (χ4n) is 2.63. The van der Waals surface area contributed by atoms with E-state index in [4.69, 9.17) is 0 Å². The molecule has 1 N–H and O–H groups in total. The molecule has 0 amide bonds. The first-order valence-electron chi connectivity index (χ1n) is 6.84. The van der Waals surface area contributed by atoms with Crippen LogP contribution in [0, 0.1) is 6.92 Å². The highest BCUT2D eigenvalue weighted by Gasteiger charge is 2.13. The first kappa shape index (κ1) is 13.4. The molecule has 1 fully saturated rings. The minimum absolute atomic E-state index is 0.116. The summed E-state index contributed by atoms with van der Waals surface area (Å²) < 4.78 is 0. The number of hydrogen-bond donors (Lipinski definition) is 1. The van der Waals surface area contributed by atoms with Crippen molar-refractivity contribution in [3.05, 3.63) is 29.3 Å². The van der Waals surface area contributed by atoms with E-state index >= 15 is 0 Å². The number of aryl methyl sites for hydroxylation is 1. The predicted octanol–water partition coefficient (Wildman–Crippen LogP) is 2.02. The van der Waals surface area contributed by atoms with E-state index in [0.717, 1.165) is 24.3 Å². The summed E-state index contributed by atoms with van der Waals surface area (Å²) in [6.07, 6.45) is 2.69. The smallest absolute Gasteiger partial charge is 0.0702 e. The molecule has 18 heavy (non-hydrogen) atoms. The van der Waals surface area contributed by atoms with Gasteiger partial charge in [0.15, 0.2) is 0 Å². The Morgan fingerprint density at radius 1 is 1.28 bits per heavy atom. The SMILES string of the molecule is Cc1ccc(N(C)CCN2CCCC2)c(CO)c1. The van der Waals surface area contributed by atoms with Gasteiger partial charge in [0.1, 0.15) is 0 Å². The highest BCUT2D eigenvalue weighted by atomic mass is 16.3. The number of likely N-dealkylation sites (tertiary alicyclic amines) is 1. The molecule has 1 aromatic rings. The quantitative estimate of drug-likeness (QED) is 0.863. The molecular formula is C15H24N2O. The van der Waals surface area contributed by atoms with Crippen LogP contribution >= 0.6 is 0 Å². The molecule has 0 unspecified atom stereocenters. The fourth-order valence-corrected chi connectivity index (χ4v) is 2.63. The summed E-state index contributed by atoms with van der Waals surface area (Å²) in [5.74, 6) is 0. The first-order chi connectivity index (χ1) is 8.70. The highest BCUT2D eigenvalue weighted by molar-refractivity contribution is 5.54. The Labute approximate surface area is 110 Å². The lowest BCUT2D eigenvalue weighted by molar-refractivity contribution is 0.282. The van der Waals surface area contributed by atoms with Crippen molar-refractivity contribution < 1.29 is 5.11 Å². The average Bonchev–Trinajstić information content (AvgIpc) is 2.88. The van der Waals surface area contributed by atoms with Gasteiger partial charge >= 0.3 is 0 Å². The summed E-state index contributed by atoms with van der Waals surface area (Å²) in [6.45, 7) is 6.81. The summed E-state index contributed by atoms with van der Waals surface area (Å²) in [6, 6.07) is 6.30. The lowest BCUT2D eigenvalue weighted by Crippen LogP contribution is -2.31. The van der Waals surface area contributed by atoms with Crippen LogP contribution in [-0.4, -0.2) is 43.2 Å². The number of nitrogens with zero attached hydrogens (tertiary/aromatic N) is 2. The molecule has 0 aliphatic carbocycles. The van der Waals surface area contributed by atoms with Crippen molar-refractivity contribution >= 4 is 5.69 Å². The number of hydrogen-bond acceptors (Lipinski definition) is 3. The van der Waals surface area contributed by atoms with Gasteiger partial charge in [-0.25, -0.2) is 0 Å². The van der Waals surface area contributed by atoms with Gasteiger partial charge < -0.3 is 14.9 Å². The van der Waals surface area contributed by atoms with Gasteiger partial charge in [0.2, 0.25) is 0 Å². The summed E-state index contributed by atoms with van der Waals surface area (Å²) >= 11 is 0. The van der Waals surface area contributed by atoms with Crippen LogP contribution in [0.1, 0.15) is 24.0 Å². The lowest BCUT2D eigenvalue weighted by Gasteiger charge is -2.25. The molecule has 3 heteroatoms. The van der Waals surface area contributed by atoms with Gasteiger partial charge in [-0.2, -0.15) is 0 Å². The van der Waals surface area contributed by atoms with Crippen LogP contribution in [0.15, 0.2) is 18.2 Å². The molecule has 0 aromatic heterocycles. The van der Waals surface area contributed by atoms with Crippen LogP contribution in [0.5, 0.6) is 0 Å². The molecule has 0 saturated carbocycles. The Balaban J connectivity index is 1.96. The molecule has 2 rings (SSSR count). The van der Waals surface area contributed by atoms with E-state index in [9.17, 15) is 5.11 Å². The lowest BCUT2D eigenvalue weighted by atomic mass is 10.1. The predicted molar refractivity (Wildman–Crippen MR) is 76.0 cm³/mol. The van der Waals surface area contributed by atoms with Crippen LogP contribution in [-0.2, 0) is 6.61 Å². The van der Waals surface area contributed by atoms with E-state index in [1.54, 1.807) is 0 Å². The van der Waals surface area contributed by atoms with Crippen LogP contribution < -0.4 is 4.90 Å². The zero-order chi connectivity index (χ0) is 13.0. The Morgan fingerprint density at radius 2 is 2.00 bits per heavy atom. The monoisotopic (exact) mass is 248 g/mol. The average molecular weight is 248 g/mol. The molecule has 0 atom stereocenters. The van der Waals surface area contributed by atoms with Gasteiger partial charge in [-0.3, -0.25) is 0 Å². The molecule has 1 aromatic carbocycles. The Kier molecular flexibility index (Phi) is 4.61. The number of aliphatic hydroxyl groups excluding tert-OH is 1. The number of likely N-dealkylation sites (N-methyl/N-ethyl adjacent to an activating group) is 1. The zero-order valence-electron chi connectivity index (χ0n) is 11.5. The number of benzene rings is 1. The van der Waals surface area contributed by atoms with Crippen LogP contribution in [0.4, 0.5) is 5.69 Å². The third-order valence-corrected chi connectivity index (χ3v) is 3.77. The summed E-state index contributed by atoms with van der Waals surface area (Å²) in [4.78, 5) is 4.77. The molecule has 1 saturated heterocycles. The molecule has 0 spiro atoms. The minimum atomic E-state index is 0.116. The molecule has 1 heterocycles. The van der Waals surface area contributed by atoms with E-state index in [0.29, 0.717) is 0 Å². The van der Waals surface area contributed by atoms with Gasteiger partial charge in [-0.1, -0.05) is 17.7 Å². The molecule has 3 nitrogen and oxygen atoms in total. The van der Waals surface area contributed by atoms with Crippen LogP contribution in [0.2, 0.25) is 0 Å². The maximum absolute atomic E-state index is 9.43. The maximum atomic E-state index is 9.43. The first-order valence-corrected chi connectivity index (χ1v) is 6.84. The van der Waals surface area contributed by atoms with E-state index in [-0.39, 0.29) is 6.61 Å². The second-order valence-corrected chi connectivity index (χ2v) is 5.26. The van der Waals surface area contributed by atoms with Crippen LogP contribution in [0.3, 0.4) is 0 Å². The Morgan fingerprint density at radius 3 is 2.67 bits per heavy atom. The van der Waals surface area contributed by atoms with Crippen molar-refractivity contribution in [2.75, 3.05) is 38.1 Å². The number of rotatable bonds is 5. The second kappa shape index (κ2) is 6.21. The minimum Gasteiger partial charge on any atom is -0.392 e. The maximum Gasteiger partial charge on any atom is 0.0702 e. The molecule has 1 aliphatic heterocycles. The van der Waals surface area contributed by atoms with Gasteiger partial charge in [0, 0.05) is 31.4 Å². The van der Waals surface area contributed by atoms with Crippen molar-refractivity contribution in [2.24, 2.45) is 0 Å². The molecule has 0 bridgehead atoms. The van der Waals surface area contributed by atoms with E-state index in [1.807, 2.05) is 0 Å². The van der Waals surface area contributed by atoms with E-state index < -0.39 is 0 Å². The van der Waals surface area contributed by atoms with Crippen molar-refractivity contribution in [3.63, 3.8) is 0 Å². The fraction of sp³-hybridized carbons (Fsp3) is 0.600. The highest BCUT2D eigenvalue weighted by Crippen LogP contribution is 2.21. The van der Waals surface area contributed by atoms with Crippen molar-refractivity contribution in [1.29, 1.82) is 0 Å². The summed E-state index contributed by atoms with van der Waals surface area (Å²) in [5, 5.41) is 9.43. The van der Waals surface area contributed by atoms with Crippen molar-refractivity contribution in [1.82, 2.24) is 4.90 Å². The van der Waals surface area contributed by atoms with Crippen molar-refractivity contribution in [3.8, 4) is 0 Å². The molecular weight excluding hydrogens is 224 g/mol. The molecule has 1 aliphatic rings. The van der Waals surface area contributed by atoms with Gasteiger partial charge in [-0.15, -0.1) is 0 Å². The van der Waals surface area contributed by atoms with Gasteiger partial charge in [0.25, 0.3) is 0 Å². The normalized spacial score (nSPS) is 16.2. The van der Waals surface area contributed by atoms with Crippen LogP contribution in [0.25, 0.3) is 0 Å². The van der Waals surface area contributed by atoms with Gasteiger partial charge in [0.05, 0.1) is 6.61 Å². The van der Waals surface area contributed by atoms with E-state index in [2.05, 4.69) is 42.0 Å². The zero-order valence-corrected chi connectivity index (χ0v) is 11.5. The largest absolute Gasteiger partial charge is 0.392 e. The topological polar surface area (TPSA) is 26.7 Å². The number of anilines is 1. The van der Waals surface area contributed by atoms with E-state index in [1.165, 1.54) is 31.5 Å². The summed E-state index contributed by atoms with van der Waals surface area (Å²) in [5.41, 5.74) is 3.39.